The zero-order valence-electron chi connectivity index (χ0n) is 13.5. The van der Waals surface area contributed by atoms with E-state index in [-0.39, 0.29) is 17.7 Å². The molecular weight excluding hydrogens is 282 g/mol. The van der Waals surface area contributed by atoms with Crippen molar-refractivity contribution in [1.29, 1.82) is 0 Å². The van der Waals surface area contributed by atoms with Crippen LogP contribution >= 0.6 is 0 Å². The molecule has 6 nitrogen and oxygen atoms in total. The molecule has 0 atom stereocenters. The van der Waals surface area contributed by atoms with Gasteiger partial charge in [0.15, 0.2) is 0 Å². The summed E-state index contributed by atoms with van der Waals surface area (Å²) < 4.78 is 4.76. The van der Waals surface area contributed by atoms with Crippen LogP contribution in [-0.4, -0.2) is 36.2 Å². The molecule has 0 saturated carbocycles. The van der Waals surface area contributed by atoms with Gasteiger partial charge >= 0.3 is 12.1 Å². The lowest BCUT2D eigenvalue weighted by Crippen LogP contribution is -2.43. The number of carbonyl (C=O) groups excluding carboxylic acids is 2. The van der Waals surface area contributed by atoms with Crippen molar-refractivity contribution in [2.75, 3.05) is 19.0 Å². The Hall–Kier alpha value is -2.24. The fourth-order valence-corrected chi connectivity index (χ4v) is 2.42. The Morgan fingerprint density at radius 1 is 1.23 bits per heavy atom. The van der Waals surface area contributed by atoms with Crippen molar-refractivity contribution in [2.45, 2.75) is 39.3 Å². The molecule has 1 aliphatic heterocycles. The normalized spacial score (nSPS) is 14.1. The number of urea groups is 1. The van der Waals surface area contributed by atoms with Crippen LogP contribution < -0.4 is 10.6 Å². The number of hydrogen-bond acceptors (Lipinski definition) is 3. The molecule has 1 aliphatic rings. The molecule has 6 heteroatoms. The van der Waals surface area contributed by atoms with Gasteiger partial charge in [-0.2, -0.15) is 0 Å². The van der Waals surface area contributed by atoms with Crippen LogP contribution in [0, 0.1) is 0 Å². The van der Waals surface area contributed by atoms with E-state index in [1.807, 2.05) is 39.0 Å². The van der Waals surface area contributed by atoms with Crippen LogP contribution in [0.1, 0.15) is 31.9 Å². The highest BCUT2D eigenvalue weighted by atomic mass is 16.5. The molecule has 2 rings (SSSR count). The summed E-state index contributed by atoms with van der Waals surface area (Å²) in [7, 11) is 1.38. The number of carbonyl (C=O) groups is 2. The lowest BCUT2D eigenvalue weighted by Gasteiger charge is -2.28. The standard InChI is InChI=1S/C16H23N3O3/c1-16(2,3)18-14(20)17-13-6-5-11-7-8-19(15(21)22-4)10-12(11)9-13/h5-6,9H,7-8,10H2,1-4H3,(H2,17,18,20). The van der Waals surface area contributed by atoms with Crippen LogP contribution in [-0.2, 0) is 17.7 Å². The van der Waals surface area contributed by atoms with Crippen molar-refractivity contribution in [3.63, 3.8) is 0 Å². The molecule has 1 aromatic rings. The van der Waals surface area contributed by atoms with Crippen LogP contribution in [0.15, 0.2) is 18.2 Å². The second-order valence-corrected chi connectivity index (χ2v) is 6.45. The van der Waals surface area contributed by atoms with Crippen LogP contribution in [0.4, 0.5) is 15.3 Å². The Labute approximate surface area is 130 Å². The molecular formula is C16H23N3O3. The van der Waals surface area contributed by atoms with Gasteiger partial charge in [-0.25, -0.2) is 9.59 Å². The van der Waals surface area contributed by atoms with Crippen molar-refractivity contribution in [3.8, 4) is 0 Å². The molecule has 0 spiro atoms. The summed E-state index contributed by atoms with van der Waals surface area (Å²) in [4.78, 5) is 25.2. The monoisotopic (exact) mass is 305 g/mol. The van der Waals surface area contributed by atoms with Crippen LogP contribution in [0.25, 0.3) is 0 Å². The molecule has 2 N–H and O–H groups in total. The van der Waals surface area contributed by atoms with Gasteiger partial charge in [-0.05, 0) is 50.5 Å². The van der Waals surface area contributed by atoms with E-state index >= 15 is 0 Å². The maximum Gasteiger partial charge on any atom is 0.409 e. The van der Waals surface area contributed by atoms with Gasteiger partial charge in [0.1, 0.15) is 0 Å². The van der Waals surface area contributed by atoms with Gasteiger partial charge < -0.3 is 20.3 Å². The summed E-state index contributed by atoms with van der Waals surface area (Å²) in [6, 6.07) is 5.55. The average molecular weight is 305 g/mol. The topological polar surface area (TPSA) is 70.7 Å². The number of nitrogens with one attached hydrogen (secondary N) is 2. The molecule has 0 unspecified atom stereocenters. The van der Waals surface area contributed by atoms with E-state index in [0.29, 0.717) is 18.8 Å². The number of rotatable bonds is 1. The number of hydrogen-bond donors (Lipinski definition) is 2. The number of anilines is 1. The number of ether oxygens (including phenoxy) is 1. The van der Waals surface area contributed by atoms with Gasteiger partial charge in [-0.15, -0.1) is 0 Å². The fraction of sp³-hybridized carbons (Fsp3) is 0.500. The van der Waals surface area contributed by atoms with Gasteiger partial charge in [0.25, 0.3) is 0 Å². The first-order valence-corrected chi connectivity index (χ1v) is 7.32. The van der Waals surface area contributed by atoms with Gasteiger partial charge in [-0.3, -0.25) is 0 Å². The largest absolute Gasteiger partial charge is 0.453 e. The van der Waals surface area contributed by atoms with E-state index in [1.165, 1.54) is 12.7 Å². The highest BCUT2D eigenvalue weighted by Crippen LogP contribution is 2.23. The number of benzene rings is 1. The zero-order chi connectivity index (χ0) is 16.3. The number of fused-ring (bicyclic) bond motifs is 1. The molecule has 0 fully saturated rings. The maximum atomic E-state index is 11.9. The quantitative estimate of drug-likeness (QED) is 0.838. The van der Waals surface area contributed by atoms with Crippen molar-refractivity contribution < 1.29 is 14.3 Å². The molecule has 0 saturated heterocycles. The first kappa shape index (κ1) is 16.1. The average Bonchev–Trinajstić information content (AvgIpc) is 2.43. The second-order valence-electron chi connectivity index (χ2n) is 6.45. The minimum Gasteiger partial charge on any atom is -0.453 e. The molecule has 1 aromatic carbocycles. The summed E-state index contributed by atoms with van der Waals surface area (Å²) >= 11 is 0. The SMILES string of the molecule is COC(=O)N1CCc2ccc(NC(=O)NC(C)(C)C)cc2C1. The number of methoxy groups -OCH3 is 1. The number of nitrogens with zero attached hydrogens (tertiary/aromatic N) is 1. The molecule has 3 amide bonds. The Bertz CT molecular complexity index is 578. The van der Waals surface area contributed by atoms with Gasteiger partial charge in [-0.1, -0.05) is 6.07 Å². The fourth-order valence-electron chi connectivity index (χ4n) is 2.42. The maximum absolute atomic E-state index is 11.9. The van der Waals surface area contributed by atoms with Crippen molar-refractivity contribution in [1.82, 2.24) is 10.2 Å². The predicted octanol–water partition coefficient (Wildman–Crippen LogP) is 2.73. The third-order valence-electron chi connectivity index (χ3n) is 3.40. The van der Waals surface area contributed by atoms with Crippen LogP contribution in [0.3, 0.4) is 0 Å². The van der Waals surface area contributed by atoms with E-state index in [4.69, 9.17) is 4.74 Å². The minimum absolute atomic E-state index is 0.243. The van der Waals surface area contributed by atoms with Gasteiger partial charge in [0, 0.05) is 24.3 Å². The zero-order valence-corrected chi connectivity index (χ0v) is 13.5. The Balaban J connectivity index is 2.08. The third-order valence-corrected chi connectivity index (χ3v) is 3.40. The lowest BCUT2D eigenvalue weighted by atomic mass is 9.99. The van der Waals surface area contributed by atoms with E-state index in [0.717, 1.165) is 12.0 Å². The Morgan fingerprint density at radius 2 is 1.95 bits per heavy atom. The highest BCUT2D eigenvalue weighted by Gasteiger charge is 2.21. The first-order chi connectivity index (χ1) is 10.3. The third kappa shape index (κ3) is 4.13. The summed E-state index contributed by atoms with van der Waals surface area (Å²) in [5.41, 5.74) is 2.65. The molecule has 0 aliphatic carbocycles. The minimum atomic E-state index is -0.325. The predicted molar refractivity (Wildman–Crippen MR) is 84.9 cm³/mol. The molecule has 120 valence electrons. The molecule has 0 bridgehead atoms. The smallest absolute Gasteiger partial charge is 0.409 e. The summed E-state index contributed by atoms with van der Waals surface area (Å²) in [6.45, 7) is 6.92. The first-order valence-electron chi connectivity index (χ1n) is 7.32. The Kier molecular flexibility index (Phi) is 4.59. The van der Waals surface area contributed by atoms with Crippen molar-refractivity contribution in [3.05, 3.63) is 29.3 Å². The van der Waals surface area contributed by atoms with E-state index < -0.39 is 0 Å². The molecule has 0 aromatic heterocycles. The van der Waals surface area contributed by atoms with Gasteiger partial charge in [0.05, 0.1) is 7.11 Å². The van der Waals surface area contributed by atoms with Crippen molar-refractivity contribution >= 4 is 17.8 Å². The lowest BCUT2D eigenvalue weighted by molar-refractivity contribution is 0.118. The molecule has 22 heavy (non-hydrogen) atoms. The summed E-state index contributed by atoms with van der Waals surface area (Å²) in [5.74, 6) is 0. The molecule has 1 heterocycles. The Morgan fingerprint density at radius 3 is 2.59 bits per heavy atom. The summed E-state index contributed by atoms with van der Waals surface area (Å²) in [5, 5.41) is 5.67. The van der Waals surface area contributed by atoms with Crippen LogP contribution in [0.2, 0.25) is 0 Å². The van der Waals surface area contributed by atoms with E-state index in [2.05, 4.69) is 10.6 Å². The van der Waals surface area contributed by atoms with E-state index in [9.17, 15) is 9.59 Å². The second kappa shape index (κ2) is 6.25. The van der Waals surface area contributed by atoms with Gasteiger partial charge in [0.2, 0.25) is 0 Å². The number of amides is 3. The highest BCUT2D eigenvalue weighted by molar-refractivity contribution is 5.89. The van der Waals surface area contributed by atoms with Crippen LogP contribution in [0.5, 0.6) is 0 Å². The molecule has 0 radical (unpaired) electrons. The van der Waals surface area contributed by atoms with Crippen molar-refractivity contribution in [2.24, 2.45) is 0 Å². The van der Waals surface area contributed by atoms with E-state index in [1.54, 1.807) is 4.90 Å². The summed E-state index contributed by atoms with van der Waals surface area (Å²) in [6.07, 6.45) is 0.466.